The van der Waals surface area contributed by atoms with Crippen LogP contribution in [0.1, 0.15) is 21.6 Å². The fourth-order valence-electron chi connectivity index (χ4n) is 1.63. The summed E-state index contributed by atoms with van der Waals surface area (Å²) in [5.74, 6) is -0.333. The van der Waals surface area contributed by atoms with Crippen molar-refractivity contribution in [2.45, 2.75) is 13.5 Å². The number of anilines is 1. The average Bonchev–Trinajstić information content (AvgIpc) is 2.66. The first-order valence-corrected chi connectivity index (χ1v) is 5.48. The molecule has 94 valence electrons. The Labute approximate surface area is 104 Å². The van der Waals surface area contributed by atoms with Gasteiger partial charge in [-0.15, -0.1) is 0 Å². The lowest BCUT2D eigenvalue weighted by molar-refractivity contribution is 0.0696. The van der Waals surface area contributed by atoms with E-state index in [1.807, 2.05) is 20.2 Å². The lowest BCUT2D eigenvalue weighted by Crippen LogP contribution is -2.03. The largest absolute Gasteiger partial charge is 0.478 e. The van der Waals surface area contributed by atoms with Gasteiger partial charge < -0.3 is 10.4 Å². The molecule has 6 nitrogen and oxygen atoms in total. The van der Waals surface area contributed by atoms with E-state index in [0.717, 1.165) is 11.3 Å². The van der Waals surface area contributed by atoms with Crippen LogP contribution in [0.4, 0.5) is 5.82 Å². The van der Waals surface area contributed by atoms with Gasteiger partial charge in [0.25, 0.3) is 0 Å². The van der Waals surface area contributed by atoms with E-state index in [-0.39, 0.29) is 5.56 Å². The lowest BCUT2D eigenvalue weighted by Gasteiger charge is -2.04. The molecule has 0 spiro atoms. The monoisotopic (exact) mass is 246 g/mol. The van der Waals surface area contributed by atoms with E-state index in [1.54, 1.807) is 10.7 Å². The van der Waals surface area contributed by atoms with Crippen LogP contribution in [-0.2, 0) is 13.6 Å². The Bertz CT molecular complexity index is 560. The number of hydrogen-bond acceptors (Lipinski definition) is 4. The number of aromatic carboxylic acids is 1. The minimum Gasteiger partial charge on any atom is -0.478 e. The van der Waals surface area contributed by atoms with Crippen LogP contribution in [0.5, 0.6) is 0 Å². The summed E-state index contributed by atoms with van der Waals surface area (Å²) in [6.07, 6.45) is 3.27. The standard InChI is InChI=1S/C12H14N4O2/c1-8-10(7-16(2)15-8)6-14-11-4-3-9(5-13-11)12(17)18/h3-5,7H,6H2,1-2H3,(H,13,14)(H,17,18). The highest BCUT2D eigenvalue weighted by Gasteiger charge is 2.05. The third kappa shape index (κ3) is 2.65. The third-order valence-corrected chi connectivity index (χ3v) is 2.59. The molecule has 0 saturated carbocycles. The second-order valence-electron chi connectivity index (χ2n) is 4.00. The molecule has 2 aromatic heterocycles. The molecule has 0 bridgehead atoms. The molecule has 0 unspecified atom stereocenters. The molecule has 0 atom stereocenters. The van der Waals surface area contributed by atoms with Gasteiger partial charge in [-0.2, -0.15) is 5.10 Å². The van der Waals surface area contributed by atoms with E-state index in [4.69, 9.17) is 5.11 Å². The van der Waals surface area contributed by atoms with Crippen molar-refractivity contribution < 1.29 is 9.90 Å². The molecule has 0 aromatic carbocycles. The maximum absolute atomic E-state index is 10.7. The van der Waals surface area contributed by atoms with Gasteiger partial charge in [-0.3, -0.25) is 4.68 Å². The number of nitrogens with zero attached hydrogens (tertiary/aromatic N) is 3. The van der Waals surface area contributed by atoms with Crippen LogP contribution in [0.15, 0.2) is 24.5 Å². The molecule has 0 aliphatic carbocycles. The molecule has 0 aliphatic heterocycles. The van der Waals surface area contributed by atoms with Crippen LogP contribution < -0.4 is 5.32 Å². The zero-order valence-electron chi connectivity index (χ0n) is 10.2. The predicted molar refractivity (Wildman–Crippen MR) is 66.5 cm³/mol. The summed E-state index contributed by atoms with van der Waals surface area (Å²) in [5, 5.41) is 16.1. The summed E-state index contributed by atoms with van der Waals surface area (Å²) in [7, 11) is 1.87. The van der Waals surface area contributed by atoms with Crippen LogP contribution in [0.3, 0.4) is 0 Å². The van der Waals surface area contributed by atoms with Gasteiger partial charge in [0.05, 0.1) is 11.3 Å². The van der Waals surface area contributed by atoms with Crippen molar-refractivity contribution in [1.82, 2.24) is 14.8 Å². The number of hydrogen-bond donors (Lipinski definition) is 2. The summed E-state index contributed by atoms with van der Waals surface area (Å²) in [6.45, 7) is 2.55. The van der Waals surface area contributed by atoms with E-state index < -0.39 is 5.97 Å². The molecule has 0 fully saturated rings. The Morgan fingerprint density at radius 2 is 2.28 bits per heavy atom. The molecule has 18 heavy (non-hydrogen) atoms. The van der Waals surface area contributed by atoms with Crippen molar-refractivity contribution >= 4 is 11.8 Å². The predicted octanol–water partition coefficient (Wildman–Crippen LogP) is 1.43. The van der Waals surface area contributed by atoms with Crippen molar-refractivity contribution in [1.29, 1.82) is 0 Å². The van der Waals surface area contributed by atoms with Crippen LogP contribution in [-0.4, -0.2) is 25.8 Å². The van der Waals surface area contributed by atoms with E-state index in [2.05, 4.69) is 15.4 Å². The molecule has 2 rings (SSSR count). The molecule has 0 radical (unpaired) electrons. The van der Waals surface area contributed by atoms with Crippen LogP contribution in [0.25, 0.3) is 0 Å². The molecule has 2 N–H and O–H groups in total. The van der Waals surface area contributed by atoms with Crippen molar-refractivity contribution in [3.05, 3.63) is 41.3 Å². The van der Waals surface area contributed by atoms with E-state index in [1.165, 1.54) is 12.3 Å². The second kappa shape index (κ2) is 4.87. The highest BCUT2D eigenvalue weighted by atomic mass is 16.4. The van der Waals surface area contributed by atoms with Gasteiger partial charge in [-0.05, 0) is 19.1 Å². The first kappa shape index (κ1) is 12.1. The van der Waals surface area contributed by atoms with Crippen molar-refractivity contribution in [2.75, 3.05) is 5.32 Å². The Morgan fingerprint density at radius 1 is 1.50 bits per heavy atom. The first-order valence-electron chi connectivity index (χ1n) is 5.48. The zero-order chi connectivity index (χ0) is 13.1. The fourth-order valence-corrected chi connectivity index (χ4v) is 1.63. The maximum Gasteiger partial charge on any atom is 0.337 e. The minimum atomic E-state index is -0.975. The number of carbonyl (C=O) groups is 1. The topological polar surface area (TPSA) is 80.0 Å². The van der Waals surface area contributed by atoms with Gasteiger partial charge >= 0.3 is 5.97 Å². The van der Waals surface area contributed by atoms with Crippen LogP contribution in [0.2, 0.25) is 0 Å². The Balaban J connectivity index is 2.02. The number of aryl methyl sites for hydroxylation is 2. The summed E-state index contributed by atoms with van der Waals surface area (Å²) >= 11 is 0. The molecule has 6 heteroatoms. The smallest absolute Gasteiger partial charge is 0.337 e. The SMILES string of the molecule is Cc1nn(C)cc1CNc1ccc(C(=O)O)cn1. The van der Waals surface area contributed by atoms with Crippen LogP contribution >= 0.6 is 0 Å². The van der Waals surface area contributed by atoms with Crippen LogP contribution in [0, 0.1) is 6.92 Å². The first-order chi connectivity index (χ1) is 8.56. The summed E-state index contributed by atoms with van der Waals surface area (Å²) in [4.78, 5) is 14.7. The van der Waals surface area contributed by atoms with E-state index in [9.17, 15) is 4.79 Å². The Kier molecular flexibility index (Phi) is 3.27. The average molecular weight is 246 g/mol. The maximum atomic E-state index is 10.7. The fraction of sp³-hybridized carbons (Fsp3) is 0.250. The molecule has 2 aromatic rings. The number of rotatable bonds is 4. The second-order valence-corrected chi connectivity index (χ2v) is 4.00. The van der Waals surface area contributed by atoms with E-state index in [0.29, 0.717) is 12.4 Å². The highest BCUT2D eigenvalue weighted by molar-refractivity contribution is 5.87. The molecular weight excluding hydrogens is 232 g/mol. The molecule has 0 saturated heterocycles. The van der Waals surface area contributed by atoms with Gasteiger partial charge in [0.1, 0.15) is 5.82 Å². The van der Waals surface area contributed by atoms with Gasteiger partial charge in [0, 0.05) is 31.5 Å². The number of nitrogens with one attached hydrogen (secondary N) is 1. The molecule has 0 aliphatic rings. The van der Waals surface area contributed by atoms with Crippen molar-refractivity contribution in [2.24, 2.45) is 7.05 Å². The van der Waals surface area contributed by atoms with Gasteiger partial charge in [-0.25, -0.2) is 9.78 Å². The summed E-state index contributed by atoms with van der Waals surface area (Å²) in [6, 6.07) is 3.17. The number of carboxylic acid groups (broad SMARTS) is 1. The van der Waals surface area contributed by atoms with Crippen molar-refractivity contribution in [3.8, 4) is 0 Å². The Morgan fingerprint density at radius 3 is 2.78 bits per heavy atom. The molecule has 2 heterocycles. The van der Waals surface area contributed by atoms with Gasteiger partial charge in [0.15, 0.2) is 0 Å². The normalized spacial score (nSPS) is 10.3. The van der Waals surface area contributed by atoms with Crippen molar-refractivity contribution in [3.63, 3.8) is 0 Å². The lowest BCUT2D eigenvalue weighted by atomic mass is 10.2. The third-order valence-electron chi connectivity index (χ3n) is 2.59. The summed E-state index contributed by atoms with van der Waals surface area (Å²) in [5.41, 5.74) is 2.23. The molecular formula is C12H14N4O2. The van der Waals surface area contributed by atoms with Gasteiger partial charge in [-0.1, -0.05) is 0 Å². The minimum absolute atomic E-state index is 0.179. The number of carboxylic acids is 1. The zero-order valence-corrected chi connectivity index (χ0v) is 10.2. The quantitative estimate of drug-likeness (QED) is 0.853. The number of pyridine rings is 1. The number of aromatic nitrogens is 3. The van der Waals surface area contributed by atoms with Gasteiger partial charge in [0.2, 0.25) is 0 Å². The Hall–Kier alpha value is -2.37. The van der Waals surface area contributed by atoms with E-state index >= 15 is 0 Å². The summed E-state index contributed by atoms with van der Waals surface area (Å²) < 4.78 is 1.76. The molecule has 0 amide bonds. The highest BCUT2D eigenvalue weighted by Crippen LogP contribution is 2.09.